The molecular formula is C19H27ClN2O5S. The summed E-state index contributed by atoms with van der Waals surface area (Å²) >= 11 is 0. The summed E-state index contributed by atoms with van der Waals surface area (Å²) in [5, 5.41) is 18.6. The van der Waals surface area contributed by atoms with Crippen molar-refractivity contribution in [2.75, 3.05) is 26.3 Å². The Morgan fingerprint density at radius 1 is 1.14 bits per heavy atom. The highest BCUT2D eigenvalue weighted by atomic mass is 35.5. The van der Waals surface area contributed by atoms with Crippen LogP contribution in [-0.4, -0.2) is 39.8 Å². The van der Waals surface area contributed by atoms with Crippen molar-refractivity contribution in [1.29, 1.82) is 0 Å². The first-order valence-electron chi connectivity index (χ1n) is 8.69. The van der Waals surface area contributed by atoms with Gasteiger partial charge in [0.1, 0.15) is 6.61 Å². The van der Waals surface area contributed by atoms with Crippen molar-refractivity contribution in [2.45, 2.75) is 24.8 Å². The van der Waals surface area contributed by atoms with E-state index < -0.39 is 16.1 Å². The molecular weight excluding hydrogens is 404 g/mol. The maximum Gasteiger partial charge on any atom is 0.238 e. The fourth-order valence-electron chi connectivity index (χ4n) is 2.56. The molecule has 2 rings (SSSR count). The number of hydrogen-bond acceptors (Lipinski definition) is 6. The van der Waals surface area contributed by atoms with Crippen LogP contribution < -0.4 is 19.9 Å². The molecule has 0 bridgehead atoms. The van der Waals surface area contributed by atoms with Gasteiger partial charge in [0.2, 0.25) is 10.0 Å². The first-order valence-corrected chi connectivity index (χ1v) is 10.2. The Labute approximate surface area is 172 Å². The largest absolute Gasteiger partial charge is 0.490 e. The molecule has 1 unspecified atom stereocenters. The molecule has 0 aliphatic heterocycles. The molecule has 0 aliphatic carbocycles. The van der Waals surface area contributed by atoms with Crippen LogP contribution in [0.25, 0.3) is 0 Å². The molecule has 1 atom stereocenters. The second kappa shape index (κ2) is 11.2. The molecule has 0 saturated heterocycles. The van der Waals surface area contributed by atoms with Crippen LogP contribution in [0.2, 0.25) is 0 Å². The van der Waals surface area contributed by atoms with Crippen molar-refractivity contribution in [1.82, 2.24) is 5.32 Å². The summed E-state index contributed by atoms with van der Waals surface area (Å²) in [6.07, 6.45) is -0.859. The van der Waals surface area contributed by atoms with Gasteiger partial charge in [0.25, 0.3) is 0 Å². The Kier molecular flexibility index (Phi) is 9.71. The molecule has 0 fully saturated rings. The number of benzene rings is 2. The minimum Gasteiger partial charge on any atom is -0.490 e. The SMILES string of the molecule is CCOc1ccccc1OCCNCC(O)c1ccc(C)c(S(N)(=O)=O)c1.Cl. The van der Waals surface area contributed by atoms with E-state index in [1.54, 1.807) is 19.1 Å². The van der Waals surface area contributed by atoms with Gasteiger partial charge in [-0.05, 0) is 43.2 Å². The maximum atomic E-state index is 11.6. The third-order valence-electron chi connectivity index (χ3n) is 3.93. The van der Waals surface area contributed by atoms with Crippen LogP contribution in [0.4, 0.5) is 0 Å². The van der Waals surface area contributed by atoms with Gasteiger partial charge in [-0.2, -0.15) is 0 Å². The smallest absolute Gasteiger partial charge is 0.238 e. The van der Waals surface area contributed by atoms with Gasteiger partial charge in [0.15, 0.2) is 11.5 Å². The zero-order valence-corrected chi connectivity index (χ0v) is 17.6. The number of aliphatic hydroxyl groups excluding tert-OH is 1. The molecule has 0 spiro atoms. The second-order valence-corrected chi connectivity index (χ2v) is 7.55. The minimum absolute atomic E-state index is 0. The summed E-state index contributed by atoms with van der Waals surface area (Å²) in [6, 6.07) is 12.2. The zero-order chi connectivity index (χ0) is 19.9. The average Bonchev–Trinajstić information content (AvgIpc) is 2.62. The molecule has 156 valence electrons. The van der Waals surface area contributed by atoms with Crippen LogP contribution in [0.1, 0.15) is 24.2 Å². The molecule has 2 aromatic rings. The Hall–Kier alpha value is -1.84. The van der Waals surface area contributed by atoms with Crippen molar-refractivity contribution in [3.63, 3.8) is 0 Å². The lowest BCUT2D eigenvalue weighted by Gasteiger charge is -2.15. The maximum absolute atomic E-state index is 11.6. The topological polar surface area (TPSA) is 111 Å². The Bertz CT molecular complexity index is 861. The Morgan fingerprint density at radius 3 is 2.39 bits per heavy atom. The van der Waals surface area contributed by atoms with Crippen molar-refractivity contribution >= 4 is 22.4 Å². The van der Waals surface area contributed by atoms with Gasteiger partial charge >= 0.3 is 0 Å². The summed E-state index contributed by atoms with van der Waals surface area (Å²) in [6.45, 7) is 5.28. The predicted molar refractivity (Wildman–Crippen MR) is 111 cm³/mol. The normalized spacial score (nSPS) is 12.1. The van der Waals surface area contributed by atoms with Crippen LogP contribution in [0.15, 0.2) is 47.4 Å². The van der Waals surface area contributed by atoms with Gasteiger partial charge in [-0.1, -0.05) is 24.3 Å². The molecule has 0 heterocycles. The van der Waals surface area contributed by atoms with Gasteiger partial charge in [0, 0.05) is 13.1 Å². The first kappa shape index (κ1) is 24.2. The summed E-state index contributed by atoms with van der Waals surface area (Å²) < 4.78 is 34.4. The highest BCUT2D eigenvalue weighted by Gasteiger charge is 2.15. The Morgan fingerprint density at radius 2 is 1.79 bits per heavy atom. The molecule has 0 amide bonds. The molecule has 28 heavy (non-hydrogen) atoms. The third-order valence-corrected chi connectivity index (χ3v) is 4.98. The van der Waals surface area contributed by atoms with E-state index >= 15 is 0 Å². The van der Waals surface area contributed by atoms with E-state index in [0.717, 1.165) is 0 Å². The van der Waals surface area contributed by atoms with Crippen LogP contribution >= 0.6 is 12.4 Å². The summed E-state index contributed by atoms with van der Waals surface area (Å²) in [5.41, 5.74) is 1.03. The van der Waals surface area contributed by atoms with E-state index in [2.05, 4.69) is 5.32 Å². The molecule has 0 saturated carbocycles. The lowest BCUT2D eigenvalue weighted by Crippen LogP contribution is -2.26. The highest BCUT2D eigenvalue weighted by molar-refractivity contribution is 7.89. The lowest BCUT2D eigenvalue weighted by molar-refractivity contribution is 0.171. The monoisotopic (exact) mass is 430 g/mol. The van der Waals surface area contributed by atoms with E-state index in [9.17, 15) is 13.5 Å². The van der Waals surface area contributed by atoms with Gasteiger partial charge in [-0.15, -0.1) is 12.4 Å². The van der Waals surface area contributed by atoms with Crippen molar-refractivity contribution in [3.05, 3.63) is 53.6 Å². The number of primary sulfonamides is 1. The zero-order valence-electron chi connectivity index (χ0n) is 15.9. The van der Waals surface area contributed by atoms with E-state index in [1.165, 1.54) is 6.07 Å². The minimum atomic E-state index is -3.82. The second-order valence-electron chi connectivity index (χ2n) is 6.02. The van der Waals surface area contributed by atoms with Gasteiger partial charge in [-0.3, -0.25) is 0 Å². The highest BCUT2D eigenvalue weighted by Crippen LogP contribution is 2.26. The molecule has 2 aromatic carbocycles. The number of para-hydroxylation sites is 2. The van der Waals surface area contributed by atoms with Crippen molar-refractivity contribution in [3.8, 4) is 11.5 Å². The number of aryl methyl sites for hydroxylation is 1. The fraction of sp³-hybridized carbons (Fsp3) is 0.368. The van der Waals surface area contributed by atoms with Crippen LogP contribution in [0.5, 0.6) is 11.5 Å². The number of sulfonamides is 1. The summed E-state index contributed by atoms with van der Waals surface area (Å²) in [4.78, 5) is 0.0231. The standard InChI is InChI=1S/C19H26N2O5S.ClH/c1-3-25-17-6-4-5-7-18(17)26-11-10-21-13-16(22)15-9-8-14(2)19(12-15)27(20,23)24;/h4-9,12,16,21-22H,3,10-11,13H2,1-2H3,(H2,20,23,24);1H. The average molecular weight is 431 g/mol. The van der Waals surface area contributed by atoms with E-state index in [4.69, 9.17) is 14.6 Å². The van der Waals surface area contributed by atoms with E-state index in [1.807, 2.05) is 31.2 Å². The van der Waals surface area contributed by atoms with Crippen LogP contribution in [0, 0.1) is 6.92 Å². The molecule has 7 nitrogen and oxygen atoms in total. The van der Waals surface area contributed by atoms with E-state index in [0.29, 0.717) is 42.4 Å². The fourth-order valence-corrected chi connectivity index (χ4v) is 3.38. The van der Waals surface area contributed by atoms with Gasteiger partial charge < -0.3 is 19.9 Å². The number of nitrogens with one attached hydrogen (secondary N) is 1. The predicted octanol–water partition coefficient (Wildman–Crippen LogP) is 2.16. The molecule has 4 N–H and O–H groups in total. The number of ether oxygens (including phenoxy) is 2. The summed E-state index contributed by atoms with van der Waals surface area (Å²) in [7, 11) is -3.82. The number of halogens is 1. The third kappa shape index (κ3) is 6.96. The number of rotatable bonds is 10. The van der Waals surface area contributed by atoms with Gasteiger partial charge in [-0.25, -0.2) is 13.6 Å². The molecule has 0 aromatic heterocycles. The summed E-state index contributed by atoms with van der Waals surface area (Å²) in [5.74, 6) is 1.35. The lowest BCUT2D eigenvalue weighted by atomic mass is 10.1. The van der Waals surface area contributed by atoms with Crippen molar-refractivity contribution in [2.24, 2.45) is 5.14 Å². The first-order chi connectivity index (χ1) is 12.8. The molecule has 0 radical (unpaired) electrons. The quantitative estimate of drug-likeness (QED) is 0.498. The molecule has 9 heteroatoms. The number of aliphatic hydroxyl groups is 1. The van der Waals surface area contributed by atoms with Crippen LogP contribution in [-0.2, 0) is 10.0 Å². The van der Waals surface area contributed by atoms with Crippen molar-refractivity contribution < 1.29 is 23.0 Å². The number of nitrogens with two attached hydrogens (primary N) is 1. The van der Waals surface area contributed by atoms with Crippen LogP contribution in [0.3, 0.4) is 0 Å². The van der Waals surface area contributed by atoms with Gasteiger partial charge in [0.05, 0.1) is 17.6 Å². The van der Waals surface area contributed by atoms with E-state index in [-0.39, 0.29) is 23.8 Å². The molecule has 0 aliphatic rings. The Balaban J connectivity index is 0.00000392. The number of hydrogen-bond donors (Lipinski definition) is 3.